The Bertz CT molecular complexity index is 485. The van der Waals surface area contributed by atoms with Crippen LogP contribution in [0.5, 0.6) is 0 Å². The van der Waals surface area contributed by atoms with Crippen LogP contribution < -0.4 is 5.90 Å². The molecule has 3 nitrogen and oxygen atoms in total. The molecule has 0 saturated heterocycles. The lowest BCUT2D eigenvalue weighted by molar-refractivity contribution is 0.116. The van der Waals surface area contributed by atoms with Crippen LogP contribution in [0.15, 0.2) is 34.9 Å². The third kappa shape index (κ3) is 1.35. The Labute approximate surface area is 87.8 Å². The molecule has 0 amide bonds. The number of furan rings is 1. The molecule has 3 rings (SSSR count). The Hall–Kier alpha value is -1.32. The molecule has 1 fully saturated rings. The van der Waals surface area contributed by atoms with Gasteiger partial charge in [0, 0.05) is 10.8 Å². The minimum atomic E-state index is 0.167. The van der Waals surface area contributed by atoms with Crippen LogP contribution in [0, 0.1) is 0 Å². The average Bonchev–Trinajstić information content (AvgIpc) is 2.89. The number of fused-ring (bicyclic) bond motifs is 1. The lowest BCUT2D eigenvalue weighted by Crippen LogP contribution is -2.17. The summed E-state index contributed by atoms with van der Waals surface area (Å²) in [4.78, 5) is 4.79. The van der Waals surface area contributed by atoms with Crippen molar-refractivity contribution >= 4 is 11.0 Å². The van der Waals surface area contributed by atoms with Crippen molar-refractivity contribution in [3.05, 3.63) is 36.1 Å². The lowest BCUT2D eigenvalue weighted by Gasteiger charge is -2.13. The fourth-order valence-electron chi connectivity index (χ4n) is 2.12. The third-order valence-corrected chi connectivity index (χ3v) is 3.28. The monoisotopic (exact) mass is 203 g/mol. The second-order valence-electron chi connectivity index (χ2n) is 4.26. The fraction of sp³-hybridized carbons (Fsp3) is 0.333. The summed E-state index contributed by atoms with van der Waals surface area (Å²) in [5.41, 5.74) is 2.41. The highest BCUT2D eigenvalue weighted by Crippen LogP contribution is 2.48. The Morgan fingerprint density at radius 1 is 1.33 bits per heavy atom. The summed E-state index contributed by atoms with van der Waals surface area (Å²) in [6.07, 6.45) is 4.04. The van der Waals surface area contributed by atoms with E-state index in [-0.39, 0.29) is 5.41 Å². The zero-order valence-corrected chi connectivity index (χ0v) is 8.40. The molecule has 1 aliphatic rings. The average molecular weight is 203 g/mol. The van der Waals surface area contributed by atoms with Gasteiger partial charge in [0.2, 0.25) is 0 Å². The van der Waals surface area contributed by atoms with Crippen LogP contribution in [-0.2, 0) is 10.3 Å². The van der Waals surface area contributed by atoms with Crippen molar-refractivity contribution in [3.8, 4) is 0 Å². The molecule has 15 heavy (non-hydrogen) atoms. The van der Waals surface area contributed by atoms with Gasteiger partial charge in [-0.25, -0.2) is 5.90 Å². The van der Waals surface area contributed by atoms with Gasteiger partial charge >= 0.3 is 0 Å². The molecule has 0 unspecified atom stereocenters. The summed E-state index contributed by atoms with van der Waals surface area (Å²) in [5.74, 6) is 5.17. The summed E-state index contributed by atoms with van der Waals surface area (Å²) >= 11 is 0. The summed E-state index contributed by atoms with van der Waals surface area (Å²) < 4.78 is 5.31. The molecule has 0 spiro atoms. The van der Waals surface area contributed by atoms with E-state index in [9.17, 15) is 0 Å². The Morgan fingerprint density at radius 3 is 2.93 bits per heavy atom. The molecule has 0 aliphatic heterocycles. The van der Waals surface area contributed by atoms with E-state index in [4.69, 9.17) is 15.2 Å². The largest absolute Gasteiger partial charge is 0.464 e. The van der Waals surface area contributed by atoms with Gasteiger partial charge in [0.25, 0.3) is 0 Å². The minimum absolute atomic E-state index is 0.167. The van der Waals surface area contributed by atoms with Gasteiger partial charge in [-0.2, -0.15) is 0 Å². The second kappa shape index (κ2) is 3.08. The second-order valence-corrected chi connectivity index (χ2v) is 4.26. The van der Waals surface area contributed by atoms with Crippen LogP contribution in [0.1, 0.15) is 18.4 Å². The van der Waals surface area contributed by atoms with Gasteiger partial charge in [-0.05, 0) is 36.6 Å². The van der Waals surface area contributed by atoms with Crippen LogP contribution in [0.3, 0.4) is 0 Å². The molecule has 3 heteroatoms. The van der Waals surface area contributed by atoms with E-state index >= 15 is 0 Å². The summed E-state index contributed by atoms with van der Waals surface area (Å²) in [6.45, 7) is 0.607. The molecule has 1 aromatic heterocycles. The van der Waals surface area contributed by atoms with Crippen LogP contribution >= 0.6 is 0 Å². The van der Waals surface area contributed by atoms with Crippen LogP contribution in [0.25, 0.3) is 11.0 Å². The van der Waals surface area contributed by atoms with E-state index in [1.54, 1.807) is 6.26 Å². The topological polar surface area (TPSA) is 48.4 Å². The van der Waals surface area contributed by atoms with Gasteiger partial charge in [0.1, 0.15) is 5.58 Å². The fourth-order valence-corrected chi connectivity index (χ4v) is 2.12. The Morgan fingerprint density at radius 2 is 2.20 bits per heavy atom. The Balaban J connectivity index is 2.04. The number of hydrogen-bond donors (Lipinski definition) is 1. The molecule has 0 atom stereocenters. The maximum Gasteiger partial charge on any atom is 0.133 e. The molecule has 2 N–H and O–H groups in total. The molecule has 0 bridgehead atoms. The SMILES string of the molecule is NOCC1(c2ccc3occc3c2)CC1. The van der Waals surface area contributed by atoms with Gasteiger partial charge in [-0.1, -0.05) is 6.07 Å². The number of rotatable bonds is 3. The first kappa shape index (κ1) is 8.95. The first-order valence-corrected chi connectivity index (χ1v) is 5.13. The lowest BCUT2D eigenvalue weighted by atomic mass is 9.96. The zero-order chi connectivity index (χ0) is 10.3. The number of nitrogens with two attached hydrogens (primary N) is 1. The molecule has 0 radical (unpaired) electrons. The molecule has 1 heterocycles. The molecular formula is C12H13NO2. The van der Waals surface area contributed by atoms with E-state index in [0.717, 1.165) is 23.8 Å². The van der Waals surface area contributed by atoms with Crippen LogP contribution in [-0.4, -0.2) is 6.61 Å². The highest BCUT2D eigenvalue weighted by atomic mass is 16.6. The smallest absolute Gasteiger partial charge is 0.133 e. The van der Waals surface area contributed by atoms with Crippen molar-refractivity contribution < 1.29 is 9.25 Å². The van der Waals surface area contributed by atoms with Crippen LogP contribution in [0.4, 0.5) is 0 Å². The van der Waals surface area contributed by atoms with Gasteiger partial charge in [0.15, 0.2) is 0 Å². The van der Waals surface area contributed by atoms with Gasteiger partial charge < -0.3 is 9.25 Å². The Kier molecular flexibility index (Phi) is 1.84. The predicted octanol–water partition coefficient (Wildman–Crippen LogP) is 2.35. The molecule has 1 aromatic carbocycles. The van der Waals surface area contributed by atoms with Crippen molar-refractivity contribution in [2.75, 3.05) is 6.61 Å². The first-order chi connectivity index (χ1) is 7.34. The van der Waals surface area contributed by atoms with Gasteiger partial charge in [0.05, 0.1) is 12.9 Å². The van der Waals surface area contributed by atoms with E-state index in [1.807, 2.05) is 12.1 Å². The highest BCUT2D eigenvalue weighted by Gasteiger charge is 2.44. The van der Waals surface area contributed by atoms with Gasteiger partial charge in [-0.3, -0.25) is 0 Å². The third-order valence-electron chi connectivity index (χ3n) is 3.28. The van der Waals surface area contributed by atoms with E-state index in [2.05, 4.69) is 12.1 Å². The predicted molar refractivity (Wildman–Crippen MR) is 57.3 cm³/mol. The van der Waals surface area contributed by atoms with Crippen LogP contribution in [0.2, 0.25) is 0 Å². The van der Waals surface area contributed by atoms with Crippen molar-refractivity contribution in [1.29, 1.82) is 0 Å². The maximum absolute atomic E-state index is 5.31. The molecule has 2 aromatic rings. The van der Waals surface area contributed by atoms with Gasteiger partial charge in [-0.15, -0.1) is 0 Å². The van der Waals surface area contributed by atoms with Crippen molar-refractivity contribution in [2.45, 2.75) is 18.3 Å². The normalized spacial score (nSPS) is 18.2. The first-order valence-electron chi connectivity index (χ1n) is 5.13. The van der Waals surface area contributed by atoms with E-state index < -0.39 is 0 Å². The summed E-state index contributed by atoms with van der Waals surface area (Å²) in [6, 6.07) is 8.28. The van der Waals surface area contributed by atoms with E-state index in [0.29, 0.717) is 6.61 Å². The molecular weight excluding hydrogens is 190 g/mol. The highest BCUT2D eigenvalue weighted by molar-refractivity contribution is 5.78. The summed E-state index contributed by atoms with van der Waals surface area (Å²) in [5, 5.41) is 1.15. The number of benzene rings is 1. The van der Waals surface area contributed by atoms with Crippen molar-refractivity contribution in [1.82, 2.24) is 0 Å². The molecule has 1 aliphatic carbocycles. The molecule has 78 valence electrons. The quantitative estimate of drug-likeness (QED) is 0.779. The summed E-state index contributed by atoms with van der Waals surface area (Å²) in [7, 11) is 0. The van der Waals surface area contributed by atoms with Crippen molar-refractivity contribution in [3.63, 3.8) is 0 Å². The van der Waals surface area contributed by atoms with Crippen molar-refractivity contribution in [2.24, 2.45) is 5.90 Å². The zero-order valence-electron chi connectivity index (χ0n) is 8.40. The van der Waals surface area contributed by atoms with E-state index in [1.165, 1.54) is 5.56 Å². The molecule has 1 saturated carbocycles. The number of hydrogen-bond acceptors (Lipinski definition) is 3. The maximum atomic E-state index is 5.31. The minimum Gasteiger partial charge on any atom is -0.464 e. The standard InChI is InChI=1S/C12H13NO2/c13-15-8-12(4-5-12)10-1-2-11-9(7-10)3-6-14-11/h1-3,6-7H,4-5,8,13H2.